The Labute approximate surface area is 106 Å². The van der Waals surface area contributed by atoms with Crippen molar-refractivity contribution in [3.8, 4) is 0 Å². The summed E-state index contributed by atoms with van der Waals surface area (Å²) in [7, 11) is 0. The van der Waals surface area contributed by atoms with Crippen LogP contribution in [0.25, 0.3) is 6.08 Å². The van der Waals surface area contributed by atoms with E-state index in [-0.39, 0.29) is 5.92 Å². The molecule has 4 heteroatoms. The van der Waals surface area contributed by atoms with E-state index < -0.39 is 31.3 Å². The van der Waals surface area contributed by atoms with E-state index in [9.17, 15) is 20.4 Å². The van der Waals surface area contributed by atoms with Crippen LogP contribution in [-0.2, 0) is 0 Å². The number of aliphatic hydroxyl groups excluding tert-OH is 4. The van der Waals surface area contributed by atoms with Crippen molar-refractivity contribution < 1.29 is 20.4 Å². The maximum atomic E-state index is 10.4. The van der Waals surface area contributed by atoms with Crippen molar-refractivity contribution in [1.29, 1.82) is 0 Å². The van der Waals surface area contributed by atoms with Crippen molar-refractivity contribution in [2.45, 2.75) is 12.0 Å². The van der Waals surface area contributed by atoms with E-state index >= 15 is 0 Å². The second kappa shape index (κ2) is 5.20. The highest BCUT2D eigenvalue weighted by Crippen LogP contribution is 2.38. The minimum atomic E-state index is -1.29. The molecule has 0 aromatic heterocycles. The van der Waals surface area contributed by atoms with Gasteiger partial charge in [0, 0.05) is 5.92 Å². The Kier molecular flexibility index (Phi) is 3.82. The average molecular weight is 250 g/mol. The third-order valence-electron chi connectivity index (χ3n) is 3.75. The highest BCUT2D eigenvalue weighted by Gasteiger charge is 2.42. The first kappa shape index (κ1) is 13.2. The van der Waals surface area contributed by atoms with Crippen LogP contribution in [0.3, 0.4) is 0 Å². The Bertz CT molecular complexity index is 429. The molecule has 1 aliphatic rings. The van der Waals surface area contributed by atoms with Crippen LogP contribution in [0, 0.1) is 5.41 Å². The molecule has 18 heavy (non-hydrogen) atoms. The van der Waals surface area contributed by atoms with Gasteiger partial charge in [0.25, 0.3) is 0 Å². The van der Waals surface area contributed by atoms with Crippen molar-refractivity contribution in [3.63, 3.8) is 0 Å². The van der Waals surface area contributed by atoms with E-state index in [1.807, 2.05) is 36.4 Å². The normalized spacial score (nSPS) is 19.9. The van der Waals surface area contributed by atoms with Gasteiger partial charge in [-0.1, -0.05) is 36.4 Å². The van der Waals surface area contributed by atoms with Crippen LogP contribution in [0.15, 0.2) is 30.3 Å². The number of hydrogen-bond acceptors (Lipinski definition) is 4. The van der Waals surface area contributed by atoms with Crippen LogP contribution < -0.4 is 0 Å². The molecule has 2 rings (SSSR count). The van der Waals surface area contributed by atoms with E-state index in [4.69, 9.17) is 0 Å². The molecule has 0 saturated heterocycles. The maximum absolute atomic E-state index is 10.4. The first-order chi connectivity index (χ1) is 8.68. The van der Waals surface area contributed by atoms with Crippen LogP contribution in [0.5, 0.6) is 0 Å². The Morgan fingerprint density at radius 2 is 1.67 bits per heavy atom. The van der Waals surface area contributed by atoms with E-state index in [0.29, 0.717) is 0 Å². The van der Waals surface area contributed by atoms with Gasteiger partial charge in [-0.3, -0.25) is 0 Å². The second-order valence-electron chi connectivity index (χ2n) is 4.80. The molecular weight excluding hydrogens is 232 g/mol. The van der Waals surface area contributed by atoms with Gasteiger partial charge < -0.3 is 20.4 Å². The first-order valence-corrected chi connectivity index (χ1v) is 5.96. The lowest BCUT2D eigenvalue weighted by Crippen LogP contribution is -2.47. The summed E-state index contributed by atoms with van der Waals surface area (Å²) < 4.78 is 0. The molecule has 98 valence electrons. The Hall–Kier alpha value is -1.20. The minimum absolute atomic E-state index is 0.312. The number of fused-ring (bicyclic) bond motifs is 1. The van der Waals surface area contributed by atoms with E-state index in [1.165, 1.54) is 0 Å². The summed E-state index contributed by atoms with van der Waals surface area (Å²) in [6, 6.07) is 7.64. The van der Waals surface area contributed by atoms with Gasteiger partial charge in [0.15, 0.2) is 0 Å². The molecule has 0 aliphatic heterocycles. The van der Waals surface area contributed by atoms with Crippen LogP contribution in [0.2, 0.25) is 0 Å². The van der Waals surface area contributed by atoms with Gasteiger partial charge in [0.1, 0.15) is 0 Å². The molecule has 0 heterocycles. The van der Waals surface area contributed by atoms with Gasteiger partial charge in [0.05, 0.1) is 31.3 Å². The van der Waals surface area contributed by atoms with Crippen LogP contribution in [0.1, 0.15) is 17.0 Å². The standard InChI is InChI=1S/C14H18O4/c15-7-14(8-16,9-17)13(18)12-6-5-10-3-1-2-4-11(10)12/h1-6,12-13,15-18H,7-9H2. The zero-order chi connectivity index (χ0) is 13.2. The summed E-state index contributed by atoms with van der Waals surface area (Å²) in [5.41, 5.74) is 0.681. The lowest BCUT2D eigenvalue weighted by molar-refractivity contribution is -0.0876. The second-order valence-corrected chi connectivity index (χ2v) is 4.80. The summed E-state index contributed by atoms with van der Waals surface area (Å²) in [6.07, 6.45) is 2.71. The number of hydrogen-bond donors (Lipinski definition) is 4. The van der Waals surface area contributed by atoms with Crippen molar-refractivity contribution in [2.75, 3.05) is 19.8 Å². The van der Waals surface area contributed by atoms with Crippen LogP contribution >= 0.6 is 0 Å². The summed E-state index contributed by atoms with van der Waals surface area (Å²) >= 11 is 0. The molecule has 0 radical (unpaired) electrons. The molecule has 0 saturated carbocycles. The molecule has 1 aromatic carbocycles. The monoisotopic (exact) mass is 250 g/mol. The fourth-order valence-corrected chi connectivity index (χ4v) is 2.36. The molecule has 1 aliphatic carbocycles. The Balaban J connectivity index is 2.31. The van der Waals surface area contributed by atoms with Crippen molar-refractivity contribution in [3.05, 3.63) is 41.5 Å². The first-order valence-electron chi connectivity index (χ1n) is 5.96. The highest BCUT2D eigenvalue weighted by atomic mass is 16.3. The van der Waals surface area contributed by atoms with Crippen molar-refractivity contribution in [1.82, 2.24) is 0 Å². The van der Waals surface area contributed by atoms with E-state index in [2.05, 4.69) is 0 Å². The molecule has 4 N–H and O–H groups in total. The fourth-order valence-electron chi connectivity index (χ4n) is 2.36. The predicted molar refractivity (Wildman–Crippen MR) is 67.9 cm³/mol. The molecule has 4 nitrogen and oxygen atoms in total. The third kappa shape index (κ3) is 1.97. The largest absolute Gasteiger partial charge is 0.396 e. The maximum Gasteiger partial charge on any atom is 0.0766 e. The fraction of sp³-hybridized carbons (Fsp3) is 0.429. The SMILES string of the molecule is OCC(CO)(CO)C(O)C1C=Cc2ccccc21. The highest BCUT2D eigenvalue weighted by molar-refractivity contribution is 5.62. The van der Waals surface area contributed by atoms with Crippen molar-refractivity contribution >= 4 is 6.08 Å². The molecule has 0 fully saturated rings. The minimum Gasteiger partial charge on any atom is -0.396 e. The third-order valence-corrected chi connectivity index (χ3v) is 3.75. The van der Waals surface area contributed by atoms with Gasteiger partial charge in [-0.15, -0.1) is 0 Å². The Morgan fingerprint density at radius 1 is 1.06 bits per heavy atom. The molecule has 2 atom stereocenters. The Morgan fingerprint density at radius 3 is 2.28 bits per heavy atom. The summed E-state index contributed by atoms with van der Waals surface area (Å²) in [5.74, 6) is -0.312. The number of aliphatic hydroxyl groups is 4. The number of rotatable bonds is 5. The summed E-state index contributed by atoms with van der Waals surface area (Å²) in [5, 5.41) is 38.4. The average Bonchev–Trinajstić information content (AvgIpc) is 2.85. The van der Waals surface area contributed by atoms with Gasteiger partial charge >= 0.3 is 0 Å². The van der Waals surface area contributed by atoms with E-state index in [0.717, 1.165) is 11.1 Å². The van der Waals surface area contributed by atoms with Crippen LogP contribution in [-0.4, -0.2) is 46.4 Å². The lowest BCUT2D eigenvalue weighted by Gasteiger charge is -2.36. The molecule has 0 bridgehead atoms. The molecular formula is C14H18O4. The lowest BCUT2D eigenvalue weighted by atomic mass is 9.76. The smallest absolute Gasteiger partial charge is 0.0766 e. The van der Waals surface area contributed by atoms with Gasteiger partial charge in [-0.25, -0.2) is 0 Å². The van der Waals surface area contributed by atoms with Gasteiger partial charge in [0.2, 0.25) is 0 Å². The quantitative estimate of drug-likeness (QED) is 0.598. The molecule has 1 aromatic rings. The molecule has 0 spiro atoms. The predicted octanol–water partition coefficient (Wildman–Crippen LogP) is 0.121. The van der Waals surface area contributed by atoms with Crippen LogP contribution in [0.4, 0.5) is 0 Å². The van der Waals surface area contributed by atoms with Crippen molar-refractivity contribution in [2.24, 2.45) is 5.41 Å². The van der Waals surface area contributed by atoms with E-state index in [1.54, 1.807) is 0 Å². The topological polar surface area (TPSA) is 80.9 Å². The van der Waals surface area contributed by atoms with Gasteiger partial charge in [-0.2, -0.15) is 0 Å². The molecule has 0 amide bonds. The van der Waals surface area contributed by atoms with Gasteiger partial charge in [-0.05, 0) is 11.1 Å². The summed E-state index contributed by atoms with van der Waals surface area (Å²) in [4.78, 5) is 0. The molecule has 2 unspecified atom stereocenters. The zero-order valence-electron chi connectivity index (χ0n) is 10.0. The zero-order valence-corrected chi connectivity index (χ0v) is 10.0. The number of benzene rings is 1. The summed E-state index contributed by atoms with van der Waals surface area (Å²) in [6.45, 7) is -1.39.